The van der Waals surface area contributed by atoms with Crippen LogP contribution >= 0.6 is 0 Å². The van der Waals surface area contributed by atoms with Gasteiger partial charge in [-0.25, -0.2) is 4.39 Å². The summed E-state index contributed by atoms with van der Waals surface area (Å²) in [6.45, 7) is 2.22. The van der Waals surface area contributed by atoms with Crippen molar-refractivity contribution < 1.29 is 36.4 Å². The number of ether oxygens (including phenoxy) is 2. The molecule has 37 heavy (non-hydrogen) atoms. The number of hydrogen-bond acceptors (Lipinski definition) is 7. The Morgan fingerprint density at radius 3 is 2.70 bits per heavy atom. The molecule has 8 nitrogen and oxygen atoms in total. The Hall–Kier alpha value is -4.22. The van der Waals surface area contributed by atoms with Gasteiger partial charge in [0.1, 0.15) is 5.75 Å². The van der Waals surface area contributed by atoms with Gasteiger partial charge in [-0.15, -0.1) is 13.2 Å². The van der Waals surface area contributed by atoms with E-state index in [9.17, 15) is 22.4 Å². The molecule has 2 aromatic carbocycles. The van der Waals surface area contributed by atoms with E-state index in [0.717, 1.165) is 36.2 Å². The number of hydrogen-bond donors (Lipinski definition) is 0. The quantitative estimate of drug-likeness (QED) is 0.169. The van der Waals surface area contributed by atoms with E-state index in [1.54, 1.807) is 28.9 Å². The molecule has 1 fully saturated rings. The highest BCUT2D eigenvalue weighted by molar-refractivity contribution is 5.73. The van der Waals surface area contributed by atoms with Crippen molar-refractivity contribution >= 4 is 5.97 Å². The fraction of sp³-hybridized carbons (Fsp3) is 0.280. The molecule has 0 spiro atoms. The number of alkyl halides is 3. The summed E-state index contributed by atoms with van der Waals surface area (Å²) < 4.78 is 67.2. The smallest absolute Gasteiger partial charge is 0.427 e. The van der Waals surface area contributed by atoms with Crippen LogP contribution in [-0.4, -0.2) is 32.3 Å². The molecule has 2 aromatic heterocycles. The topological polar surface area (TPSA) is 92.3 Å². The van der Waals surface area contributed by atoms with Gasteiger partial charge in [0.15, 0.2) is 17.3 Å². The number of aryl methyl sites for hydroxylation is 1. The third-order valence-corrected chi connectivity index (χ3v) is 5.66. The number of carbonyl (C=O) groups is 1. The van der Waals surface area contributed by atoms with Crippen molar-refractivity contribution in [3.63, 3.8) is 0 Å². The average Bonchev–Trinajstić information content (AvgIpc) is 3.35. The van der Waals surface area contributed by atoms with Crippen molar-refractivity contribution in [1.29, 1.82) is 0 Å². The van der Waals surface area contributed by atoms with Crippen LogP contribution in [0, 0.1) is 18.7 Å². The van der Waals surface area contributed by atoms with Crippen molar-refractivity contribution in [3.8, 4) is 34.5 Å². The van der Waals surface area contributed by atoms with Gasteiger partial charge in [0, 0.05) is 17.7 Å². The highest BCUT2D eigenvalue weighted by Crippen LogP contribution is 2.33. The predicted molar refractivity (Wildman–Crippen MR) is 121 cm³/mol. The summed E-state index contributed by atoms with van der Waals surface area (Å²) in [4.78, 5) is 16.2. The van der Waals surface area contributed by atoms with Crippen LogP contribution < -0.4 is 9.47 Å². The minimum Gasteiger partial charge on any atom is -0.427 e. The number of carbonyl (C=O) groups excluding carboxylic acids is 1. The van der Waals surface area contributed by atoms with Gasteiger partial charge >= 0.3 is 12.3 Å². The van der Waals surface area contributed by atoms with Gasteiger partial charge in [-0.1, -0.05) is 17.3 Å². The van der Waals surface area contributed by atoms with Crippen LogP contribution in [0.4, 0.5) is 17.6 Å². The largest absolute Gasteiger partial charge is 0.573 e. The number of rotatable bonds is 8. The minimum atomic E-state index is -5.01. The van der Waals surface area contributed by atoms with Gasteiger partial charge in [-0.2, -0.15) is 10.1 Å². The molecule has 5 rings (SSSR count). The Kier molecular flexibility index (Phi) is 6.40. The van der Waals surface area contributed by atoms with Crippen LogP contribution in [0.2, 0.25) is 0 Å². The summed E-state index contributed by atoms with van der Waals surface area (Å²) in [5, 5.41) is 8.27. The Balaban J connectivity index is 1.29. The number of esters is 1. The summed E-state index contributed by atoms with van der Waals surface area (Å²) >= 11 is 0. The molecule has 0 saturated heterocycles. The molecule has 0 aliphatic heterocycles. The first-order valence-corrected chi connectivity index (χ1v) is 11.4. The van der Waals surface area contributed by atoms with Gasteiger partial charge in [0.05, 0.1) is 6.54 Å². The van der Waals surface area contributed by atoms with Gasteiger partial charge in [-0.3, -0.25) is 9.48 Å². The van der Waals surface area contributed by atoms with Gasteiger partial charge in [-0.05, 0) is 67.6 Å². The number of nitrogens with zero attached hydrogens (tertiary/aromatic N) is 4. The van der Waals surface area contributed by atoms with Crippen molar-refractivity contribution in [2.75, 3.05) is 0 Å². The van der Waals surface area contributed by atoms with Gasteiger partial charge in [0.2, 0.25) is 5.82 Å². The lowest BCUT2D eigenvalue weighted by Gasteiger charge is -2.09. The van der Waals surface area contributed by atoms with Crippen LogP contribution in [0.5, 0.6) is 11.5 Å². The van der Waals surface area contributed by atoms with Gasteiger partial charge in [0.25, 0.3) is 5.89 Å². The first kappa shape index (κ1) is 24.5. The third-order valence-electron chi connectivity index (χ3n) is 5.66. The summed E-state index contributed by atoms with van der Waals surface area (Å²) in [5.41, 5.74) is 2.11. The zero-order valence-electron chi connectivity index (χ0n) is 19.5. The standard InChI is InChI=1S/C25H20F4N4O4/c1-14-9-20(24-30-23(32-37-24)17-7-8-21(19(26)12-17)36-25(27,28)29)31-33(14)13-16-3-2-4-18(10-16)35-22(34)11-15-5-6-15/h2-4,7-10,12,15H,5-6,11,13H2,1H3. The van der Waals surface area contributed by atoms with Crippen LogP contribution in [-0.2, 0) is 11.3 Å². The maximum absolute atomic E-state index is 14.1. The van der Waals surface area contributed by atoms with Crippen LogP contribution in [0.15, 0.2) is 53.1 Å². The molecular formula is C25H20F4N4O4. The maximum atomic E-state index is 14.1. The molecule has 0 radical (unpaired) electrons. The fourth-order valence-corrected chi connectivity index (χ4v) is 3.68. The highest BCUT2D eigenvalue weighted by Gasteiger charge is 2.32. The minimum absolute atomic E-state index is 0.0274. The average molecular weight is 516 g/mol. The first-order valence-electron chi connectivity index (χ1n) is 11.4. The van der Waals surface area contributed by atoms with Crippen LogP contribution in [0.3, 0.4) is 0 Å². The highest BCUT2D eigenvalue weighted by atomic mass is 19.4. The number of halogens is 4. The normalized spacial score (nSPS) is 13.5. The zero-order valence-corrected chi connectivity index (χ0v) is 19.5. The molecule has 0 unspecified atom stereocenters. The second-order valence-electron chi connectivity index (χ2n) is 8.71. The number of benzene rings is 2. The maximum Gasteiger partial charge on any atom is 0.573 e. The Morgan fingerprint density at radius 2 is 1.97 bits per heavy atom. The van der Waals surface area contributed by atoms with E-state index in [2.05, 4.69) is 20.0 Å². The molecule has 0 bridgehead atoms. The second kappa shape index (κ2) is 9.68. The van der Waals surface area contributed by atoms with Crippen molar-refractivity contribution in [2.24, 2.45) is 5.92 Å². The summed E-state index contributed by atoms with van der Waals surface area (Å²) in [7, 11) is 0. The molecule has 0 amide bonds. The van der Waals surface area contributed by atoms with E-state index < -0.39 is 17.9 Å². The summed E-state index contributed by atoms with van der Waals surface area (Å²) in [6.07, 6.45) is -2.45. The molecule has 0 N–H and O–H groups in total. The summed E-state index contributed by atoms with van der Waals surface area (Å²) in [5.74, 6) is -1.50. The lowest BCUT2D eigenvalue weighted by atomic mass is 10.2. The Bertz CT molecular complexity index is 1440. The SMILES string of the molecule is Cc1cc(-c2nc(-c3ccc(OC(F)(F)F)c(F)c3)no2)nn1Cc1cccc(OC(=O)CC2CC2)c1. The van der Waals surface area contributed by atoms with Crippen molar-refractivity contribution in [2.45, 2.75) is 39.1 Å². The van der Waals surface area contributed by atoms with Gasteiger partial charge < -0.3 is 14.0 Å². The molecule has 12 heteroatoms. The van der Waals surface area contributed by atoms with Crippen molar-refractivity contribution in [1.82, 2.24) is 19.9 Å². The fourth-order valence-electron chi connectivity index (χ4n) is 3.68. The number of aromatic nitrogens is 4. The lowest BCUT2D eigenvalue weighted by molar-refractivity contribution is -0.275. The lowest BCUT2D eigenvalue weighted by Crippen LogP contribution is -2.17. The third kappa shape index (κ3) is 6.13. The molecular weight excluding hydrogens is 496 g/mol. The molecule has 1 saturated carbocycles. The zero-order chi connectivity index (χ0) is 26.2. The monoisotopic (exact) mass is 516 g/mol. The predicted octanol–water partition coefficient (Wildman–Crippen LogP) is 5.70. The molecule has 4 aromatic rings. The molecule has 0 atom stereocenters. The molecule has 1 aliphatic carbocycles. The van der Waals surface area contributed by atoms with E-state index >= 15 is 0 Å². The van der Waals surface area contributed by atoms with E-state index in [-0.39, 0.29) is 23.2 Å². The Labute approximate surface area is 207 Å². The molecule has 1 aliphatic rings. The Morgan fingerprint density at radius 1 is 1.16 bits per heavy atom. The molecule has 192 valence electrons. The van der Waals surface area contributed by atoms with Crippen molar-refractivity contribution in [3.05, 3.63) is 65.6 Å². The first-order chi connectivity index (χ1) is 17.6. The van der Waals surface area contributed by atoms with E-state index in [1.807, 2.05) is 13.0 Å². The van der Waals surface area contributed by atoms with Crippen LogP contribution in [0.25, 0.3) is 23.0 Å². The molecule has 2 heterocycles. The van der Waals surface area contributed by atoms with E-state index in [1.165, 1.54) is 6.07 Å². The summed E-state index contributed by atoms with van der Waals surface area (Å²) in [6, 6.07) is 11.7. The second-order valence-corrected chi connectivity index (χ2v) is 8.71. The van der Waals surface area contributed by atoms with E-state index in [4.69, 9.17) is 9.26 Å². The van der Waals surface area contributed by atoms with E-state index in [0.29, 0.717) is 30.3 Å². The van der Waals surface area contributed by atoms with Crippen LogP contribution in [0.1, 0.15) is 30.5 Å².